The molecule has 3 nitrogen and oxygen atoms in total. The number of carbonyl (C=O) groups is 1. The van der Waals surface area contributed by atoms with Crippen LogP contribution in [-0.4, -0.2) is 23.7 Å². The highest BCUT2D eigenvalue weighted by Crippen LogP contribution is 2.36. The summed E-state index contributed by atoms with van der Waals surface area (Å²) in [5.74, 6) is -0.176. The van der Waals surface area contributed by atoms with Crippen LogP contribution in [0.5, 0.6) is 0 Å². The predicted molar refractivity (Wildman–Crippen MR) is 62.6 cm³/mol. The van der Waals surface area contributed by atoms with E-state index >= 15 is 0 Å². The summed E-state index contributed by atoms with van der Waals surface area (Å²) >= 11 is 0. The van der Waals surface area contributed by atoms with Crippen LogP contribution in [0.2, 0.25) is 0 Å². The third kappa shape index (κ3) is 2.61. The molecule has 1 saturated carbocycles. The fourth-order valence-corrected chi connectivity index (χ4v) is 2.21. The van der Waals surface area contributed by atoms with Crippen molar-refractivity contribution in [2.75, 3.05) is 6.54 Å². The topological polar surface area (TPSA) is 49.3 Å². The van der Waals surface area contributed by atoms with E-state index in [-0.39, 0.29) is 6.54 Å². The van der Waals surface area contributed by atoms with Gasteiger partial charge in [0.05, 0.1) is 6.54 Å². The molecule has 1 aromatic carbocycles. The number of hydrogen-bond acceptors (Lipinski definition) is 2. The van der Waals surface area contributed by atoms with Crippen LogP contribution in [0, 0.1) is 6.92 Å². The van der Waals surface area contributed by atoms with Gasteiger partial charge in [0.25, 0.3) is 0 Å². The normalized spacial score (nSPS) is 23.8. The van der Waals surface area contributed by atoms with E-state index in [4.69, 9.17) is 5.11 Å². The van der Waals surface area contributed by atoms with Crippen LogP contribution in [0.1, 0.15) is 29.9 Å². The minimum Gasteiger partial charge on any atom is -0.480 e. The average molecular weight is 219 g/mol. The third-order valence-corrected chi connectivity index (χ3v) is 3.19. The number of hydrogen-bond donors (Lipinski definition) is 2. The molecule has 0 bridgehead atoms. The second-order valence-corrected chi connectivity index (χ2v) is 4.55. The Morgan fingerprint density at radius 1 is 1.50 bits per heavy atom. The molecule has 16 heavy (non-hydrogen) atoms. The molecule has 1 aromatic rings. The Morgan fingerprint density at radius 3 is 2.88 bits per heavy atom. The predicted octanol–water partition coefficient (Wildman–Crippen LogP) is 1.92. The molecule has 2 rings (SSSR count). The molecule has 86 valence electrons. The van der Waals surface area contributed by atoms with Crippen molar-refractivity contribution in [1.29, 1.82) is 0 Å². The molecule has 0 unspecified atom stereocenters. The first kappa shape index (κ1) is 11.1. The van der Waals surface area contributed by atoms with Crippen molar-refractivity contribution >= 4 is 5.97 Å². The van der Waals surface area contributed by atoms with Gasteiger partial charge in [-0.3, -0.25) is 4.79 Å². The second kappa shape index (κ2) is 4.66. The summed E-state index contributed by atoms with van der Waals surface area (Å²) in [5, 5.41) is 11.6. The molecule has 1 aliphatic carbocycles. The van der Waals surface area contributed by atoms with E-state index in [1.54, 1.807) is 0 Å². The summed E-state index contributed by atoms with van der Waals surface area (Å²) < 4.78 is 0. The smallest absolute Gasteiger partial charge is 0.317 e. The first-order valence-corrected chi connectivity index (χ1v) is 5.67. The van der Waals surface area contributed by atoms with E-state index in [1.165, 1.54) is 11.1 Å². The number of carboxylic acids is 1. The zero-order chi connectivity index (χ0) is 11.5. The van der Waals surface area contributed by atoms with Gasteiger partial charge in [0.15, 0.2) is 0 Å². The van der Waals surface area contributed by atoms with Gasteiger partial charge in [0.1, 0.15) is 0 Å². The molecule has 3 heteroatoms. The van der Waals surface area contributed by atoms with E-state index in [0.29, 0.717) is 12.0 Å². The lowest BCUT2D eigenvalue weighted by Gasteiger charge is -2.36. The van der Waals surface area contributed by atoms with Crippen LogP contribution in [0.15, 0.2) is 24.3 Å². The largest absolute Gasteiger partial charge is 0.480 e. The van der Waals surface area contributed by atoms with E-state index in [2.05, 4.69) is 36.5 Å². The maximum Gasteiger partial charge on any atom is 0.317 e. The molecule has 0 spiro atoms. The van der Waals surface area contributed by atoms with Crippen molar-refractivity contribution in [1.82, 2.24) is 5.32 Å². The van der Waals surface area contributed by atoms with Crippen LogP contribution in [0.4, 0.5) is 0 Å². The molecule has 1 fully saturated rings. The van der Waals surface area contributed by atoms with Gasteiger partial charge >= 0.3 is 5.97 Å². The van der Waals surface area contributed by atoms with Crippen molar-refractivity contribution in [2.24, 2.45) is 0 Å². The van der Waals surface area contributed by atoms with E-state index in [9.17, 15) is 4.79 Å². The summed E-state index contributed by atoms with van der Waals surface area (Å²) in [7, 11) is 0. The Labute approximate surface area is 95.5 Å². The highest BCUT2D eigenvalue weighted by molar-refractivity contribution is 5.69. The molecule has 2 N–H and O–H groups in total. The van der Waals surface area contributed by atoms with Crippen LogP contribution >= 0.6 is 0 Å². The van der Waals surface area contributed by atoms with Crippen LogP contribution in [0.25, 0.3) is 0 Å². The standard InChI is InChI=1S/C13H17NO2/c1-9-3-2-4-10(5-9)11-6-12(7-11)14-8-13(15)16/h2-5,11-12,14H,6-8H2,1H3,(H,15,16). The summed E-state index contributed by atoms with van der Waals surface area (Å²) in [6, 6.07) is 8.94. The minimum atomic E-state index is -0.779. The molecular weight excluding hydrogens is 202 g/mol. The zero-order valence-electron chi connectivity index (χ0n) is 9.44. The van der Waals surface area contributed by atoms with Gasteiger partial charge in [-0.1, -0.05) is 29.8 Å². The number of carboxylic acid groups (broad SMARTS) is 1. The molecule has 1 aliphatic rings. The number of benzene rings is 1. The number of aryl methyl sites for hydroxylation is 1. The Kier molecular flexibility index (Phi) is 3.25. The summed E-state index contributed by atoms with van der Waals surface area (Å²) in [4.78, 5) is 10.4. The monoisotopic (exact) mass is 219 g/mol. The SMILES string of the molecule is Cc1cccc(C2CC(NCC(=O)O)C2)c1. The molecule has 0 amide bonds. The van der Waals surface area contributed by atoms with Crippen molar-refractivity contribution in [3.8, 4) is 0 Å². The van der Waals surface area contributed by atoms with E-state index < -0.39 is 5.97 Å². The average Bonchev–Trinajstić information content (AvgIpc) is 2.14. The first-order valence-electron chi connectivity index (χ1n) is 5.67. The van der Waals surface area contributed by atoms with Gasteiger partial charge in [0, 0.05) is 6.04 Å². The molecule has 0 atom stereocenters. The van der Waals surface area contributed by atoms with Crippen molar-refractivity contribution < 1.29 is 9.90 Å². The van der Waals surface area contributed by atoms with Crippen LogP contribution < -0.4 is 5.32 Å². The van der Waals surface area contributed by atoms with Gasteiger partial charge in [-0.2, -0.15) is 0 Å². The molecule has 0 saturated heterocycles. The Morgan fingerprint density at radius 2 is 2.25 bits per heavy atom. The highest BCUT2D eigenvalue weighted by Gasteiger charge is 2.30. The zero-order valence-corrected chi connectivity index (χ0v) is 9.44. The summed E-state index contributed by atoms with van der Waals surface area (Å²) in [5.41, 5.74) is 2.67. The molecule has 0 aliphatic heterocycles. The van der Waals surface area contributed by atoms with Gasteiger partial charge in [0.2, 0.25) is 0 Å². The van der Waals surface area contributed by atoms with Crippen molar-refractivity contribution in [3.63, 3.8) is 0 Å². The summed E-state index contributed by atoms with van der Waals surface area (Å²) in [6.07, 6.45) is 2.10. The fraction of sp³-hybridized carbons (Fsp3) is 0.462. The van der Waals surface area contributed by atoms with Crippen LogP contribution in [-0.2, 0) is 4.79 Å². The highest BCUT2D eigenvalue weighted by atomic mass is 16.4. The Hall–Kier alpha value is -1.35. The molecule has 0 heterocycles. The van der Waals surface area contributed by atoms with E-state index in [0.717, 1.165) is 12.8 Å². The summed E-state index contributed by atoms with van der Waals surface area (Å²) in [6.45, 7) is 2.17. The van der Waals surface area contributed by atoms with Gasteiger partial charge in [-0.05, 0) is 31.2 Å². The first-order chi connectivity index (χ1) is 7.65. The lowest BCUT2D eigenvalue weighted by Crippen LogP contribution is -2.42. The molecule has 0 aromatic heterocycles. The fourth-order valence-electron chi connectivity index (χ4n) is 2.21. The van der Waals surface area contributed by atoms with E-state index in [1.807, 2.05) is 0 Å². The maximum absolute atomic E-state index is 10.4. The molecular formula is C13H17NO2. The lowest BCUT2D eigenvalue weighted by atomic mass is 9.75. The van der Waals surface area contributed by atoms with Gasteiger partial charge in [-0.15, -0.1) is 0 Å². The molecule has 0 radical (unpaired) electrons. The quantitative estimate of drug-likeness (QED) is 0.813. The third-order valence-electron chi connectivity index (χ3n) is 3.19. The van der Waals surface area contributed by atoms with Crippen molar-refractivity contribution in [2.45, 2.75) is 31.7 Å². The van der Waals surface area contributed by atoms with Gasteiger partial charge in [-0.25, -0.2) is 0 Å². The lowest BCUT2D eigenvalue weighted by molar-refractivity contribution is -0.136. The Bertz CT molecular complexity index is 383. The van der Waals surface area contributed by atoms with Crippen molar-refractivity contribution in [3.05, 3.63) is 35.4 Å². The maximum atomic E-state index is 10.4. The van der Waals surface area contributed by atoms with Gasteiger partial charge < -0.3 is 10.4 Å². The second-order valence-electron chi connectivity index (χ2n) is 4.55. The number of aliphatic carboxylic acids is 1. The number of nitrogens with one attached hydrogen (secondary N) is 1. The van der Waals surface area contributed by atoms with Crippen LogP contribution in [0.3, 0.4) is 0 Å². The Balaban J connectivity index is 1.82. The minimum absolute atomic E-state index is 0.0746. The number of rotatable bonds is 4.